The SMILES string of the molecule is CC1CN(C2=C(c3cccs3)C(=O)N(c3ccc(Cl)c(Cl)c3)C2=O)CC(C)O1. The fraction of sp³-hybridized carbons (Fsp3) is 0.300. The van der Waals surface area contributed by atoms with Gasteiger partial charge in [-0.1, -0.05) is 29.3 Å². The highest BCUT2D eigenvalue weighted by Gasteiger charge is 2.44. The van der Waals surface area contributed by atoms with Crippen molar-refractivity contribution in [1.29, 1.82) is 0 Å². The highest BCUT2D eigenvalue weighted by molar-refractivity contribution is 7.11. The number of ether oxygens (including phenoxy) is 1. The van der Waals surface area contributed by atoms with Crippen LogP contribution < -0.4 is 4.90 Å². The lowest BCUT2D eigenvalue weighted by molar-refractivity contribution is -0.121. The Labute approximate surface area is 177 Å². The van der Waals surface area contributed by atoms with Crippen LogP contribution in [-0.2, 0) is 14.3 Å². The van der Waals surface area contributed by atoms with Gasteiger partial charge in [0.15, 0.2) is 0 Å². The van der Waals surface area contributed by atoms with Crippen LogP contribution in [0.25, 0.3) is 5.57 Å². The van der Waals surface area contributed by atoms with E-state index in [1.807, 2.05) is 36.3 Å². The van der Waals surface area contributed by atoms with Gasteiger partial charge < -0.3 is 9.64 Å². The van der Waals surface area contributed by atoms with Crippen molar-refractivity contribution in [2.45, 2.75) is 26.1 Å². The van der Waals surface area contributed by atoms with Crippen molar-refractivity contribution < 1.29 is 14.3 Å². The molecule has 1 aromatic heterocycles. The summed E-state index contributed by atoms with van der Waals surface area (Å²) in [6.45, 7) is 5.02. The molecule has 1 fully saturated rings. The zero-order valence-electron chi connectivity index (χ0n) is 15.3. The molecule has 2 aromatic rings. The van der Waals surface area contributed by atoms with E-state index in [9.17, 15) is 9.59 Å². The molecule has 1 aromatic carbocycles. The molecule has 2 atom stereocenters. The molecule has 2 amide bonds. The molecule has 4 rings (SSSR count). The Balaban J connectivity index is 1.81. The summed E-state index contributed by atoms with van der Waals surface area (Å²) in [6, 6.07) is 8.48. The van der Waals surface area contributed by atoms with E-state index in [1.54, 1.807) is 18.2 Å². The Hall–Kier alpha value is -1.86. The molecule has 2 aliphatic heterocycles. The molecule has 0 saturated carbocycles. The van der Waals surface area contributed by atoms with Crippen molar-refractivity contribution in [3.63, 3.8) is 0 Å². The maximum Gasteiger partial charge on any atom is 0.282 e. The predicted octanol–water partition coefficient (Wildman–Crippen LogP) is 4.45. The minimum absolute atomic E-state index is 0.0391. The molecule has 3 heterocycles. The van der Waals surface area contributed by atoms with Crippen LogP contribution in [-0.4, -0.2) is 42.0 Å². The number of nitrogens with zero attached hydrogens (tertiary/aromatic N) is 2. The molecule has 0 spiro atoms. The largest absolute Gasteiger partial charge is 0.372 e. The second kappa shape index (κ2) is 7.52. The van der Waals surface area contributed by atoms with Crippen LogP contribution in [0, 0.1) is 0 Å². The number of anilines is 1. The number of hydrogen-bond donors (Lipinski definition) is 0. The summed E-state index contributed by atoms with van der Waals surface area (Å²) < 4.78 is 5.80. The Morgan fingerprint density at radius 1 is 1.04 bits per heavy atom. The zero-order valence-corrected chi connectivity index (χ0v) is 17.6. The lowest BCUT2D eigenvalue weighted by Crippen LogP contribution is -2.47. The average molecular weight is 437 g/mol. The number of imide groups is 1. The quantitative estimate of drug-likeness (QED) is 0.666. The number of benzene rings is 1. The van der Waals surface area contributed by atoms with Crippen molar-refractivity contribution in [3.8, 4) is 0 Å². The Morgan fingerprint density at radius 3 is 2.36 bits per heavy atom. The van der Waals surface area contributed by atoms with Gasteiger partial charge in [0, 0.05) is 18.0 Å². The number of carbonyl (C=O) groups excluding carboxylic acids is 2. The van der Waals surface area contributed by atoms with E-state index in [2.05, 4.69) is 0 Å². The van der Waals surface area contributed by atoms with Gasteiger partial charge in [0.05, 0.1) is 33.5 Å². The van der Waals surface area contributed by atoms with Crippen LogP contribution in [0.15, 0.2) is 41.4 Å². The minimum Gasteiger partial charge on any atom is -0.372 e. The van der Waals surface area contributed by atoms with Crippen LogP contribution in [0.4, 0.5) is 5.69 Å². The first-order chi connectivity index (χ1) is 13.4. The van der Waals surface area contributed by atoms with E-state index < -0.39 is 0 Å². The minimum atomic E-state index is -0.354. The van der Waals surface area contributed by atoms with E-state index in [0.29, 0.717) is 40.1 Å². The van der Waals surface area contributed by atoms with Gasteiger partial charge in [0.25, 0.3) is 11.8 Å². The number of hydrogen-bond acceptors (Lipinski definition) is 5. The first-order valence-electron chi connectivity index (χ1n) is 8.89. The van der Waals surface area contributed by atoms with Crippen LogP contribution in [0.1, 0.15) is 18.7 Å². The molecule has 5 nitrogen and oxygen atoms in total. The third-order valence-electron chi connectivity index (χ3n) is 4.72. The second-order valence-corrected chi connectivity index (χ2v) is 8.67. The highest BCUT2D eigenvalue weighted by atomic mass is 35.5. The molecule has 1 saturated heterocycles. The molecule has 28 heavy (non-hydrogen) atoms. The molecule has 8 heteroatoms. The molecule has 0 aliphatic carbocycles. The number of amides is 2. The lowest BCUT2D eigenvalue weighted by Gasteiger charge is -2.37. The summed E-state index contributed by atoms with van der Waals surface area (Å²) in [5.41, 5.74) is 1.25. The van der Waals surface area contributed by atoms with Crippen LogP contribution in [0.5, 0.6) is 0 Å². The van der Waals surface area contributed by atoms with E-state index in [1.165, 1.54) is 16.2 Å². The van der Waals surface area contributed by atoms with Crippen molar-refractivity contribution in [3.05, 3.63) is 56.3 Å². The molecule has 146 valence electrons. The summed E-state index contributed by atoms with van der Waals surface area (Å²) in [7, 11) is 0. The Kier molecular flexibility index (Phi) is 5.22. The standard InChI is InChI=1S/C20H18Cl2N2O3S/c1-11-9-23(10-12(2)27-11)18-17(16-4-3-7-28-16)19(25)24(20(18)26)13-5-6-14(21)15(22)8-13/h3-8,11-12H,9-10H2,1-2H3. The molecule has 2 unspecified atom stereocenters. The summed E-state index contributed by atoms with van der Waals surface area (Å²) in [6.07, 6.45) is -0.0782. The van der Waals surface area contributed by atoms with Gasteiger partial charge in [-0.3, -0.25) is 9.59 Å². The number of carbonyl (C=O) groups is 2. The van der Waals surface area contributed by atoms with E-state index in [4.69, 9.17) is 27.9 Å². The number of rotatable bonds is 3. The van der Waals surface area contributed by atoms with Crippen molar-refractivity contribution in [2.75, 3.05) is 18.0 Å². The van der Waals surface area contributed by atoms with Gasteiger partial charge in [-0.2, -0.15) is 0 Å². The van der Waals surface area contributed by atoms with Gasteiger partial charge in [0.1, 0.15) is 5.70 Å². The smallest absolute Gasteiger partial charge is 0.282 e. The van der Waals surface area contributed by atoms with Gasteiger partial charge in [-0.15, -0.1) is 11.3 Å². The lowest BCUT2D eigenvalue weighted by atomic mass is 10.1. The molecule has 0 bridgehead atoms. The fourth-order valence-electron chi connectivity index (χ4n) is 3.67. The zero-order chi connectivity index (χ0) is 20.0. The highest BCUT2D eigenvalue weighted by Crippen LogP contribution is 2.38. The van der Waals surface area contributed by atoms with Gasteiger partial charge in [-0.05, 0) is 43.5 Å². The second-order valence-electron chi connectivity index (χ2n) is 6.91. The Morgan fingerprint density at radius 2 is 1.75 bits per heavy atom. The molecule has 0 N–H and O–H groups in total. The normalized spacial score (nSPS) is 23.1. The van der Waals surface area contributed by atoms with Gasteiger partial charge >= 0.3 is 0 Å². The van der Waals surface area contributed by atoms with Gasteiger partial charge in [-0.25, -0.2) is 4.90 Å². The Bertz CT molecular complexity index is 964. The predicted molar refractivity (Wildman–Crippen MR) is 112 cm³/mol. The maximum atomic E-state index is 13.4. The first kappa shape index (κ1) is 19.5. The summed E-state index contributed by atoms with van der Waals surface area (Å²) in [5.74, 6) is -0.708. The molecule has 2 aliphatic rings. The van der Waals surface area contributed by atoms with Crippen LogP contribution in [0.2, 0.25) is 10.0 Å². The summed E-state index contributed by atoms with van der Waals surface area (Å²) in [4.78, 5) is 30.7. The van der Waals surface area contributed by atoms with Crippen LogP contribution >= 0.6 is 34.5 Å². The van der Waals surface area contributed by atoms with Crippen LogP contribution in [0.3, 0.4) is 0 Å². The van der Waals surface area contributed by atoms with Gasteiger partial charge in [0.2, 0.25) is 0 Å². The molecular formula is C20H18Cl2N2O3S. The fourth-order valence-corrected chi connectivity index (χ4v) is 4.73. The van der Waals surface area contributed by atoms with E-state index in [-0.39, 0.29) is 24.0 Å². The van der Waals surface area contributed by atoms with Crippen molar-refractivity contribution in [1.82, 2.24) is 4.90 Å². The summed E-state index contributed by atoms with van der Waals surface area (Å²) in [5, 5.41) is 2.55. The topological polar surface area (TPSA) is 49.9 Å². The van der Waals surface area contributed by atoms with E-state index >= 15 is 0 Å². The van der Waals surface area contributed by atoms with Crippen molar-refractivity contribution >= 4 is 57.6 Å². The third kappa shape index (κ3) is 3.35. The average Bonchev–Trinajstić information content (AvgIpc) is 3.23. The first-order valence-corrected chi connectivity index (χ1v) is 10.5. The molecular weight excluding hydrogens is 419 g/mol. The summed E-state index contributed by atoms with van der Waals surface area (Å²) >= 11 is 13.6. The third-order valence-corrected chi connectivity index (χ3v) is 6.35. The number of halogens is 2. The van der Waals surface area contributed by atoms with E-state index in [0.717, 1.165) is 4.88 Å². The number of morpholine rings is 1. The maximum absolute atomic E-state index is 13.4. The monoisotopic (exact) mass is 436 g/mol. The van der Waals surface area contributed by atoms with Crippen molar-refractivity contribution in [2.24, 2.45) is 0 Å². The molecule has 0 radical (unpaired) electrons. The number of thiophene rings is 1.